The van der Waals surface area contributed by atoms with Crippen LogP contribution in [0, 0.1) is 0 Å². The molecule has 1 aliphatic rings. The number of aromatic nitrogens is 2. The van der Waals surface area contributed by atoms with Gasteiger partial charge in [0.15, 0.2) is 0 Å². The Morgan fingerprint density at radius 2 is 1.87 bits per heavy atom. The van der Waals surface area contributed by atoms with Crippen molar-refractivity contribution < 1.29 is 14.3 Å². The van der Waals surface area contributed by atoms with Crippen molar-refractivity contribution in [2.45, 2.75) is 24.6 Å². The van der Waals surface area contributed by atoms with E-state index in [0.717, 1.165) is 28.3 Å². The van der Waals surface area contributed by atoms with Crippen molar-refractivity contribution >= 4 is 29.4 Å². The number of hydrogen-bond acceptors (Lipinski definition) is 5. The summed E-state index contributed by atoms with van der Waals surface area (Å²) in [6.45, 7) is 0.478. The fourth-order valence-electron chi connectivity index (χ4n) is 3.32. The monoisotopic (exact) mass is 422 g/mol. The number of anilines is 1. The lowest BCUT2D eigenvalue weighted by molar-refractivity contribution is -0.122. The number of carbonyl (C=O) groups is 2. The van der Waals surface area contributed by atoms with Crippen molar-refractivity contribution in [2.24, 2.45) is 0 Å². The summed E-state index contributed by atoms with van der Waals surface area (Å²) in [5, 5.41) is 10.4. The molecule has 8 heteroatoms. The lowest BCUT2D eigenvalue weighted by atomic mass is 10.2. The zero-order valence-electron chi connectivity index (χ0n) is 16.6. The van der Waals surface area contributed by atoms with Crippen LogP contribution >= 0.6 is 11.8 Å². The van der Waals surface area contributed by atoms with E-state index in [1.807, 2.05) is 36.4 Å². The number of nitrogens with one attached hydrogen (secondary N) is 2. The minimum absolute atomic E-state index is 0.0338. The van der Waals surface area contributed by atoms with E-state index in [2.05, 4.69) is 15.7 Å². The maximum atomic E-state index is 12.9. The first-order valence-corrected chi connectivity index (χ1v) is 10.7. The third-order valence-corrected chi connectivity index (χ3v) is 5.80. The Hall–Kier alpha value is -3.26. The zero-order chi connectivity index (χ0) is 20.9. The summed E-state index contributed by atoms with van der Waals surface area (Å²) >= 11 is 1.74. The summed E-state index contributed by atoms with van der Waals surface area (Å²) in [6, 6.07) is 16.8. The van der Waals surface area contributed by atoms with Gasteiger partial charge < -0.3 is 15.4 Å². The van der Waals surface area contributed by atoms with E-state index in [0.29, 0.717) is 23.7 Å². The highest BCUT2D eigenvalue weighted by molar-refractivity contribution is 7.98. The molecule has 3 aromatic rings. The molecule has 0 aliphatic carbocycles. The van der Waals surface area contributed by atoms with Crippen LogP contribution in [0.4, 0.5) is 5.82 Å². The Labute approximate surface area is 178 Å². The van der Waals surface area contributed by atoms with E-state index in [9.17, 15) is 9.59 Å². The molecule has 154 valence electrons. The summed E-state index contributed by atoms with van der Waals surface area (Å²) in [6.07, 6.45) is 0. The molecule has 0 radical (unpaired) electrons. The average Bonchev–Trinajstić information content (AvgIpc) is 3.35. The van der Waals surface area contributed by atoms with Crippen LogP contribution in [0.3, 0.4) is 0 Å². The molecule has 0 saturated heterocycles. The number of methoxy groups -OCH3 is 1. The highest BCUT2D eigenvalue weighted by atomic mass is 32.2. The smallest absolute Gasteiger partial charge is 0.260 e. The Kier molecular flexibility index (Phi) is 6.04. The molecule has 0 saturated carbocycles. The third-order valence-electron chi connectivity index (χ3n) is 4.83. The molecule has 0 bridgehead atoms. The summed E-state index contributed by atoms with van der Waals surface area (Å²) in [7, 11) is 1.53. The van der Waals surface area contributed by atoms with Gasteiger partial charge >= 0.3 is 0 Å². The maximum Gasteiger partial charge on any atom is 0.260 e. The van der Waals surface area contributed by atoms with Gasteiger partial charge in [-0.2, -0.15) is 16.9 Å². The molecule has 0 spiro atoms. The largest absolute Gasteiger partial charge is 0.496 e. The fraction of sp³-hybridized carbons (Fsp3) is 0.227. The maximum absolute atomic E-state index is 12.9. The van der Waals surface area contributed by atoms with Crippen molar-refractivity contribution in [1.29, 1.82) is 0 Å². The van der Waals surface area contributed by atoms with Gasteiger partial charge in [0, 0.05) is 23.6 Å². The minimum atomic E-state index is -0.294. The van der Waals surface area contributed by atoms with Gasteiger partial charge in [-0.25, -0.2) is 4.68 Å². The Morgan fingerprint density at radius 3 is 2.67 bits per heavy atom. The number of thioether (sulfide) groups is 1. The number of amides is 2. The number of hydrogen-bond donors (Lipinski definition) is 2. The molecule has 7 nitrogen and oxygen atoms in total. The van der Waals surface area contributed by atoms with Crippen LogP contribution in [-0.2, 0) is 29.4 Å². The normalized spacial score (nSPS) is 12.3. The second kappa shape index (κ2) is 9.04. The van der Waals surface area contributed by atoms with Crippen molar-refractivity contribution in [2.75, 3.05) is 12.4 Å². The number of para-hydroxylation sites is 1. The summed E-state index contributed by atoms with van der Waals surface area (Å²) in [4.78, 5) is 25.4. The summed E-state index contributed by atoms with van der Waals surface area (Å²) in [5.74, 6) is 2.13. The number of ether oxygens (including phenoxy) is 1. The number of carbonyl (C=O) groups excluding carboxylic acids is 2. The van der Waals surface area contributed by atoms with E-state index in [1.165, 1.54) is 7.11 Å². The van der Waals surface area contributed by atoms with Crippen molar-refractivity contribution in [1.82, 2.24) is 15.1 Å². The number of benzene rings is 2. The van der Waals surface area contributed by atoms with Gasteiger partial charge in [0.1, 0.15) is 18.1 Å². The van der Waals surface area contributed by atoms with Gasteiger partial charge in [0.25, 0.3) is 5.91 Å². The van der Waals surface area contributed by atoms with Gasteiger partial charge in [-0.3, -0.25) is 9.59 Å². The molecule has 2 aromatic carbocycles. The van der Waals surface area contributed by atoms with Gasteiger partial charge in [-0.15, -0.1) is 0 Å². The molecule has 1 aliphatic heterocycles. The molecular weight excluding hydrogens is 400 g/mol. The molecule has 0 unspecified atom stereocenters. The first-order chi connectivity index (χ1) is 14.7. The molecule has 0 fully saturated rings. The van der Waals surface area contributed by atoms with Gasteiger partial charge in [-0.1, -0.05) is 42.5 Å². The van der Waals surface area contributed by atoms with Crippen molar-refractivity contribution in [3.63, 3.8) is 0 Å². The molecule has 2 N–H and O–H groups in total. The van der Waals surface area contributed by atoms with Gasteiger partial charge in [0.05, 0.1) is 18.4 Å². The third kappa shape index (κ3) is 4.33. The van der Waals surface area contributed by atoms with E-state index in [4.69, 9.17) is 4.74 Å². The minimum Gasteiger partial charge on any atom is -0.496 e. The Bertz CT molecular complexity index is 1070. The number of nitrogens with zero attached hydrogens (tertiary/aromatic N) is 2. The molecule has 0 atom stereocenters. The molecule has 2 heterocycles. The van der Waals surface area contributed by atoms with E-state index < -0.39 is 0 Å². The van der Waals surface area contributed by atoms with Gasteiger partial charge in [-0.05, 0) is 17.7 Å². The highest BCUT2D eigenvalue weighted by Crippen LogP contribution is 2.35. The van der Waals surface area contributed by atoms with E-state index >= 15 is 0 Å². The van der Waals surface area contributed by atoms with Crippen LogP contribution in [0.2, 0.25) is 0 Å². The van der Waals surface area contributed by atoms with E-state index in [-0.39, 0.29) is 18.4 Å². The second-order valence-electron chi connectivity index (χ2n) is 6.84. The first-order valence-electron chi connectivity index (χ1n) is 9.57. The fourth-order valence-corrected chi connectivity index (χ4v) is 4.35. The lowest BCUT2D eigenvalue weighted by Crippen LogP contribution is -2.28. The number of rotatable bonds is 7. The molecule has 30 heavy (non-hydrogen) atoms. The zero-order valence-corrected chi connectivity index (χ0v) is 17.4. The summed E-state index contributed by atoms with van der Waals surface area (Å²) < 4.78 is 6.88. The van der Waals surface area contributed by atoms with Crippen LogP contribution in [0.25, 0.3) is 0 Å². The topological polar surface area (TPSA) is 85.2 Å². The van der Waals surface area contributed by atoms with Crippen LogP contribution in [0.5, 0.6) is 5.75 Å². The predicted octanol–water partition coefficient (Wildman–Crippen LogP) is 3.21. The Morgan fingerprint density at radius 1 is 1.10 bits per heavy atom. The van der Waals surface area contributed by atoms with Crippen molar-refractivity contribution in [3.05, 3.63) is 77.0 Å². The Balaban J connectivity index is 1.51. The first kappa shape index (κ1) is 20.0. The average molecular weight is 423 g/mol. The lowest BCUT2D eigenvalue weighted by Gasteiger charge is -2.13. The van der Waals surface area contributed by atoms with Gasteiger partial charge in [0.2, 0.25) is 5.91 Å². The van der Waals surface area contributed by atoms with E-state index in [1.54, 1.807) is 34.6 Å². The van der Waals surface area contributed by atoms with Crippen LogP contribution in [-0.4, -0.2) is 28.7 Å². The van der Waals surface area contributed by atoms with Crippen molar-refractivity contribution in [3.8, 4) is 5.75 Å². The quantitative estimate of drug-likeness (QED) is 0.611. The molecule has 1 aromatic heterocycles. The standard InChI is InChI=1S/C22H22N4O3S/c1-29-19-10-6-5-9-16(19)22(28)24-21-17-13-30-14-18(17)25-26(21)12-20(27)23-11-15-7-3-2-4-8-15/h2-10H,11-14H2,1H3,(H,23,27)(H,24,28). The predicted molar refractivity (Wildman–Crippen MR) is 116 cm³/mol. The molecule has 2 amide bonds. The van der Waals surface area contributed by atoms with Crippen LogP contribution in [0.1, 0.15) is 27.2 Å². The molecule has 4 rings (SSSR count). The highest BCUT2D eigenvalue weighted by Gasteiger charge is 2.25. The summed E-state index contributed by atoms with van der Waals surface area (Å²) in [5.41, 5.74) is 3.33. The number of fused-ring (bicyclic) bond motifs is 1. The van der Waals surface area contributed by atoms with Crippen LogP contribution in [0.15, 0.2) is 54.6 Å². The second-order valence-corrected chi connectivity index (χ2v) is 7.83. The molecular formula is C22H22N4O3S. The SMILES string of the molecule is COc1ccccc1C(=O)Nc1c2c(nn1CC(=O)NCc1ccccc1)CSC2. The van der Waals surface area contributed by atoms with Crippen LogP contribution < -0.4 is 15.4 Å².